The average Bonchev–Trinajstić information content (AvgIpc) is 2.33. The minimum Gasteiger partial charge on any atom is -0.397 e. The summed E-state index contributed by atoms with van der Waals surface area (Å²) in [6.07, 6.45) is 1.64. The van der Waals surface area contributed by atoms with Gasteiger partial charge in [-0.25, -0.2) is 4.98 Å². The van der Waals surface area contributed by atoms with E-state index in [2.05, 4.69) is 27.3 Å². The summed E-state index contributed by atoms with van der Waals surface area (Å²) in [5.74, 6) is 0.789. The summed E-state index contributed by atoms with van der Waals surface area (Å²) in [7, 11) is 4.04. The van der Waals surface area contributed by atoms with Crippen LogP contribution in [-0.4, -0.2) is 19.1 Å². The van der Waals surface area contributed by atoms with Gasteiger partial charge in [-0.3, -0.25) is 0 Å². The molecule has 0 fully saturated rings. The minimum atomic E-state index is 0.665. The molecular weight excluding hydrogens is 212 g/mol. The van der Waals surface area contributed by atoms with E-state index in [9.17, 15) is 0 Å². The summed E-state index contributed by atoms with van der Waals surface area (Å²) < 4.78 is 0. The molecule has 2 rings (SSSR count). The lowest BCUT2D eigenvalue weighted by molar-refractivity contribution is 1.13. The molecule has 0 unspecified atom stereocenters. The number of rotatable bonds is 3. The lowest BCUT2D eigenvalue weighted by Crippen LogP contribution is -2.08. The van der Waals surface area contributed by atoms with Crippen LogP contribution in [0.2, 0.25) is 0 Å². The number of anilines is 4. The molecular formula is C13H16N4. The van der Waals surface area contributed by atoms with Crippen molar-refractivity contribution >= 4 is 22.9 Å². The summed E-state index contributed by atoms with van der Waals surface area (Å²) in [6, 6.07) is 11.8. The second-order valence-electron chi connectivity index (χ2n) is 4.04. The van der Waals surface area contributed by atoms with E-state index in [4.69, 9.17) is 5.73 Å². The van der Waals surface area contributed by atoms with E-state index in [1.807, 2.05) is 38.4 Å². The third-order valence-electron chi connectivity index (χ3n) is 2.44. The number of benzene rings is 1. The van der Waals surface area contributed by atoms with Crippen LogP contribution in [0.25, 0.3) is 0 Å². The van der Waals surface area contributed by atoms with Gasteiger partial charge in [-0.2, -0.15) is 0 Å². The van der Waals surface area contributed by atoms with Gasteiger partial charge in [0, 0.05) is 25.5 Å². The first-order valence-electron chi connectivity index (χ1n) is 5.41. The first kappa shape index (κ1) is 11.3. The largest absolute Gasteiger partial charge is 0.397 e. The number of nitrogens with one attached hydrogen (secondary N) is 1. The maximum atomic E-state index is 5.58. The first-order chi connectivity index (χ1) is 8.15. The monoisotopic (exact) mass is 228 g/mol. The van der Waals surface area contributed by atoms with Crippen molar-refractivity contribution in [2.75, 3.05) is 30.0 Å². The van der Waals surface area contributed by atoms with Gasteiger partial charge >= 0.3 is 0 Å². The lowest BCUT2D eigenvalue weighted by Gasteiger charge is -2.13. The normalized spacial score (nSPS) is 10.0. The van der Waals surface area contributed by atoms with Gasteiger partial charge < -0.3 is 16.0 Å². The van der Waals surface area contributed by atoms with E-state index in [0.717, 1.165) is 11.5 Å². The molecule has 4 nitrogen and oxygen atoms in total. The summed E-state index contributed by atoms with van der Waals surface area (Å²) in [5, 5.41) is 3.21. The third kappa shape index (κ3) is 2.87. The molecule has 0 bridgehead atoms. The average molecular weight is 228 g/mol. The van der Waals surface area contributed by atoms with E-state index in [1.165, 1.54) is 5.69 Å². The maximum absolute atomic E-state index is 5.58. The van der Waals surface area contributed by atoms with Crippen molar-refractivity contribution in [2.24, 2.45) is 0 Å². The Bertz CT molecular complexity index is 474. The van der Waals surface area contributed by atoms with Crippen molar-refractivity contribution in [3.63, 3.8) is 0 Å². The molecule has 17 heavy (non-hydrogen) atoms. The van der Waals surface area contributed by atoms with Gasteiger partial charge in [0.05, 0.1) is 11.9 Å². The number of aromatic nitrogens is 1. The molecule has 88 valence electrons. The van der Waals surface area contributed by atoms with Gasteiger partial charge in [0.15, 0.2) is 0 Å². The van der Waals surface area contributed by atoms with Gasteiger partial charge in [-0.1, -0.05) is 0 Å². The number of hydrogen-bond donors (Lipinski definition) is 2. The van der Waals surface area contributed by atoms with Gasteiger partial charge in [-0.15, -0.1) is 0 Å². The van der Waals surface area contributed by atoms with Crippen LogP contribution in [0.3, 0.4) is 0 Å². The Morgan fingerprint density at radius 1 is 1.06 bits per heavy atom. The zero-order valence-corrected chi connectivity index (χ0v) is 10.0. The molecule has 2 aromatic rings. The van der Waals surface area contributed by atoms with Crippen molar-refractivity contribution in [1.29, 1.82) is 0 Å². The number of nitrogens with two attached hydrogens (primary N) is 1. The number of nitrogen functional groups attached to an aromatic ring is 1. The molecule has 0 aliphatic carbocycles. The Morgan fingerprint density at radius 3 is 2.29 bits per heavy atom. The number of pyridine rings is 1. The van der Waals surface area contributed by atoms with Crippen LogP contribution in [0, 0.1) is 0 Å². The Labute approximate surface area is 101 Å². The molecule has 0 radical (unpaired) electrons. The first-order valence-corrected chi connectivity index (χ1v) is 5.41. The molecule has 0 spiro atoms. The predicted octanol–water partition coefficient (Wildman–Crippen LogP) is 2.47. The van der Waals surface area contributed by atoms with Crippen LogP contribution in [0.15, 0.2) is 42.6 Å². The van der Waals surface area contributed by atoms with Crippen LogP contribution in [-0.2, 0) is 0 Å². The second kappa shape index (κ2) is 4.74. The molecule has 3 N–H and O–H groups in total. The topological polar surface area (TPSA) is 54.2 Å². The van der Waals surface area contributed by atoms with Crippen LogP contribution in [0.1, 0.15) is 0 Å². The number of nitrogens with zero attached hydrogens (tertiary/aromatic N) is 2. The van der Waals surface area contributed by atoms with E-state index in [-0.39, 0.29) is 0 Å². The molecule has 1 aromatic heterocycles. The Kier molecular flexibility index (Phi) is 3.14. The van der Waals surface area contributed by atoms with Crippen molar-refractivity contribution in [3.05, 3.63) is 42.6 Å². The van der Waals surface area contributed by atoms with Crippen molar-refractivity contribution in [2.45, 2.75) is 0 Å². The van der Waals surface area contributed by atoms with Crippen LogP contribution >= 0.6 is 0 Å². The molecule has 0 aliphatic rings. The van der Waals surface area contributed by atoms with E-state index < -0.39 is 0 Å². The summed E-state index contributed by atoms with van der Waals surface area (Å²) in [5.41, 5.74) is 8.42. The fraction of sp³-hybridized carbons (Fsp3) is 0.154. The zero-order valence-electron chi connectivity index (χ0n) is 10.0. The standard InChI is InChI=1S/C13H16N4/c1-17(2)12-6-4-11(5-7-12)16-13-8-3-10(14)9-15-13/h3-9H,14H2,1-2H3,(H,15,16). The highest BCUT2D eigenvalue weighted by atomic mass is 15.1. The van der Waals surface area contributed by atoms with Gasteiger partial charge in [-0.05, 0) is 36.4 Å². The highest BCUT2D eigenvalue weighted by Crippen LogP contribution is 2.19. The number of hydrogen-bond acceptors (Lipinski definition) is 4. The molecule has 0 aliphatic heterocycles. The SMILES string of the molecule is CN(C)c1ccc(Nc2ccc(N)cn2)cc1. The molecule has 0 amide bonds. The highest BCUT2D eigenvalue weighted by molar-refractivity contribution is 5.61. The molecule has 1 heterocycles. The van der Waals surface area contributed by atoms with Crippen LogP contribution in [0.4, 0.5) is 22.9 Å². The highest BCUT2D eigenvalue weighted by Gasteiger charge is 1.97. The quantitative estimate of drug-likeness (QED) is 0.847. The molecule has 0 saturated heterocycles. The smallest absolute Gasteiger partial charge is 0.130 e. The summed E-state index contributed by atoms with van der Waals surface area (Å²) in [4.78, 5) is 6.25. The van der Waals surface area contributed by atoms with Gasteiger partial charge in [0.1, 0.15) is 5.82 Å². The minimum absolute atomic E-state index is 0.665. The van der Waals surface area contributed by atoms with Crippen molar-refractivity contribution in [1.82, 2.24) is 4.98 Å². The Hall–Kier alpha value is -2.23. The van der Waals surface area contributed by atoms with Gasteiger partial charge in [0.2, 0.25) is 0 Å². The molecule has 4 heteroatoms. The summed E-state index contributed by atoms with van der Waals surface area (Å²) >= 11 is 0. The van der Waals surface area contributed by atoms with Crippen molar-refractivity contribution in [3.8, 4) is 0 Å². The van der Waals surface area contributed by atoms with Crippen LogP contribution in [0.5, 0.6) is 0 Å². The zero-order chi connectivity index (χ0) is 12.3. The van der Waals surface area contributed by atoms with E-state index in [0.29, 0.717) is 5.69 Å². The fourth-order valence-corrected chi connectivity index (χ4v) is 1.47. The Balaban J connectivity index is 2.11. The predicted molar refractivity (Wildman–Crippen MR) is 72.7 cm³/mol. The summed E-state index contributed by atoms with van der Waals surface area (Å²) in [6.45, 7) is 0. The van der Waals surface area contributed by atoms with Gasteiger partial charge in [0.25, 0.3) is 0 Å². The Morgan fingerprint density at radius 2 is 1.76 bits per heavy atom. The van der Waals surface area contributed by atoms with E-state index >= 15 is 0 Å². The second-order valence-corrected chi connectivity index (χ2v) is 4.04. The fourth-order valence-electron chi connectivity index (χ4n) is 1.47. The molecule has 0 atom stereocenters. The van der Waals surface area contributed by atoms with Crippen LogP contribution < -0.4 is 16.0 Å². The molecule has 0 saturated carbocycles. The van der Waals surface area contributed by atoms with E-state index in [1.54, 1.807) is 6.20 Å². The van der Waals surface area contributed by atoms with Crippen molar-refractivity contribution < 1.29 is 0 Å². The lowest BCUT2D eigenvalue weighted by atomic mass is 10.2. The third-order valence-corrected chi connectivity index (χ3v) is 2.44. The molecule has 1 aromatic carbocycles. The maximum Gasteiger partial charge on any atom is 0.130 e.